The van der Waals surface area contributed by atoms with Crippen molar-refractivity contribution >= 4 is 23.2 Å². The predicted octanol–water partition coefficient (Wildman–Crippen LogP) is 5.11. The number of carbonyl (C=O) groups excluding carboxylic acids is 2. The van der Waals surface area contributed by atoms with Crippen molar-refractivity contribution < 1.29 is 9.59 Å². The lowest BCUT2D eigenvalue weighted by molar-refractivity contribution is 0.102. The summed E-state index contributed by atoms with van der Waals surface area (Å²) in [4.78, 5) is 25.6. The molecule has 3 rings (SSSR count). The number of unbranched alkanes of at least 4 members (excludes halogenated alkanes) is 1. The monoisotopic (exact) mass is 404 g/mol. The Bertz CT molecular complexity index is 1050. The second-order valence-corrected chi connectivity index (χ2v) is 7.44. The fraction of sp³-hybridized carbons (Fsp3) is 0.292. The Hall–Kier alpha value is -3.41. The minimum absolute atomic E-state index is 0.255. The molecule has 0 spiro atoms. The summed E-state index contributed by atoms with van der Waals surface area (Å²) in [5.41, 5.74) is 4.91. The smallest absolute Gasteiger partial charge is 0.257 e. The van der Waals surface area contributed by atoms with Crippen molar-refractivity contribution in [2.45, 2.75) is 47.1 Å². The standard InChI is InChI=1S/C24H28N4O2/c1-5-6-15-28-18(4)22(17(3)27-28)26-24(30)20-9-7-8-10-21(20)25-23(29)19-13-11-16(2)12-14-19/h7-14H,5-6,15H2,1-4H3,(H,25,29)(H,26,30). The second-order valence-electron chi connectivity index (χ2n) is 7.44. The van der Waals surface area contributed by atoms with Crippen LogP contribution in [0.15, 0.2) is 48.5 Å². The van der Waals surface area contributed by atoms with Gasteiger partial charge < -0.3 is 10.6 Å². The molecule has 1 heterocycles. The van der Waals surface area contributed by atoms with E-state index >= 15 is 0 Å². The third-order valence-corrected chi connectivity index (χ3v) is 5.08. The largest absolute Gasteiger partial charge is 0.321 e. The first kappa shape index (κ1) is 21.3. The van der Waals surface area contributed by atoms with Crippen LogP contribution in [0.5, 0.6) is 0 Å². The molecule has 0 fully saturated rings. The number of para-hydroxylation sites is 1. The molecule has 156 valence electrons. The molecule has 2 amide bonds. The summed E-state index contributed by atoms with van der Waals surface area (Å²) in [5.74, 6) is -0.536. The minimum atomic E-state index is -0.281. The summed E-state index contributed by atoms with van der Waals surface area (Å²) in [6.45, 7) is 8.76. The number of aromatic nitrogens is 2. The Morgan fingerprint density at radius 2 is 1.63 bits per heavy atom. The summed E-state index contributed by atoms with van der Waals surface area (Å²) >= 11 is 0. The van der Waals surface area contributed by atoms with Gasteiger partial charge in [-0.05, 0) is 51.5 Å². The number of nitrogens with zero attached hydrogens (tertiary/aromatic N) is 2. The van der Waals surface area contributed by atoms with Crippen LogP contribution in [0.2, 0.25) is 0 Å². The molecule has 0 aliphatic heterocycles. The molecule has 2 aromatic carbocycles. The van der Waals surface area contributed by atoms with Gasteiger partial charge in [-0.15, -0.1) is 0 Å². The highest BCUT2D eigenvalue weighted by atomic mass is 16.2. The van der Waals surface area contributed by atoms with Crippen LogP contribution < -0.4 is 10.6 Å². The van der Waals surface area contributed by atoms with Crippen LogP contribution in [0.4, 0.5) is 11.4 Å². The number of benzene rings is 2. The van der Waals surface area contributed by atoms with E-state index in [9.17, 15) is 9.59 Å². The number of carbonyl (C=O) groups is 2. The molecule has 0 aliphatic rings. The van der Waals surface area contributed by atoms with E-state index < -0.39 is 0 Å². The maximum absolute atomic E-state index is 13.0. The van der Waals surface area contributed by atoms with Crippen LogP contribution in [-0.2, 0) is 6.54 Å². The predicted molar refractivity (Wildman–Crippen MR) is 120 cm³/mol. The van der Waals surface area contributed by atoms with Crippen LogP contribution in [0.25, 0.3) is 0 Å². The van der Waals surface area contributed by atoms with Gasteiger partial charge in [-0.2, -0.15) is 5.10 Å². The van der Waals surface area contributed by atoms with Crippen molar-refractivity contribution in [3.05, 3.63) is 76.6 Å². The molecule has 0 bridgehead atoms. The van der Waals surface area contributed by atoms with Gasteiger partial charge in [0.25, 0.3) is 11.8 Å². The summed E-state index contributed by atoms with van der Waals surface area (Å²) < 4.78 is 1.93. The molecule has 1 aromatic heterocycles. The quantitative estimate of drug-likeness (QED) is 0.574. The summed E-state index contributed by atoms with van der Waals surface area (Å²) in [6, 6.07) is 14.3. The van der Waals surface area contributed by atoms with E-state index in [0.717, 1.165) is 42.0 Å². The molecular formula is C24H28N4O2. The first-order valence-corrected chi connectivity index (χ1v) is 10.2. The van der Waals surface area contributed by atoms with E-state index in [-0.39, 0.29) is 11.8 Å². The number of hydrogen-bond acceptors (Lipinski definition) is 3. The molecule has 6 heteroatoms. The van der Waals surface area contributed by atoms with Gasteiger partial charge in [0.2, 0.25) is 0 Å². The van der Waals surface area contributed by atoms with Crippen molar-refractivity contribution in [1.29, 1.82) is 0 Å². The minimum Gasteiger partial charge on any atom is -0.321 e. The number of anilines is 2. The second kappa shape index (κ2) is 9.39. The zero-order valence-corrected chi connectivity index (χ0v) is 18.0. The van der Waals surface area contributed by atoms with Crippen LogP contribution in [0.3, 0.4) is 0 Å². The van der Waals surface area contributed by atoms with Gasteiger partial charge in [-0.1, -0.05) is 43.2 Å². The van der Waals surface area contributed by atoms with Crippen LogP contribution in [-0.4, -0.2) is 21.6 Å². The molecule has 0 unspecified atom stereocenters. The van der Waals surface area contributed by atoms with Crippen molar-refractivity contribution in [1.82, 2.24) is 9.78 Å². The maximum Gasteiger partial charge on any atom is 0.257 e. The van der Waals surface area contributed by atoms with Crippen molar-refractivity contribution in [2.24, 2.45) is 0 Å². The van der Waals surface area contributed by atoms with Gasteiger partial charge in [0.15, 0.2) is 0 Å². The Labute approximate surface area is 177 Å². The highest BCUT2D eigenvalue weighted by molar-refractivity contribution is 6.12. The number of aryl methyl sites for hydroxylation is 3. The van der Waals surface area contributed by atoms with Crippen LogP contribution in [0.1, 0.15) is 57.4 Å². The molecule has 30 heavy (non-hydrogen) atoms. The van der Waals surface area contributed by atoms with Gasteiger partial charge in [0.05, 0.1) is 28.3 Å². The lowest BCUT2D eigenvalue weighted by Crippen LogP contribution is -2.18. The Kier molecular flexibility index (Phi) is 6.67. The summed E-state index contributed by atoms with van der Waals surface area (Å²) in [6.07, 6.45) is 2.11. The van der Waals surface area contributed by atoms with Crippen molar-refractivity contribution in [2.75, 3.05) is 10.6 Å². The molecule has 0 saturated heterocycles. The third kappa shape index (κ3) is 4.76. The van der Waals surface area contributed by atoms with E-state index in [4.69, 9.17) is 0 Å². The first-order valence-electron chi connectivity index (χ1n) is 10.2. The van der Waals surface area contributed by atoms with Crippen LogP contribution in [0, 0.1) is 20.8 Å². The van der Waals surface area contributed by atoms with Crippen LogP contribution >= 0.6 is 0 Å². The normalized spacial score (nSPS) is 10.7. The van der Waals surface area contributed by atoms with E-state index in [1.807, 2.05) is 37.6 Å². The average Bonchev–Trinajstić information content (AvgIpc) is 3.00. The summed E-state index contributed by atoms with van der Waals surface area (Å²) in [7, 11) is 0. The fourth-order valence-electron chi connectivity index (χ4n) is 3.27. The molecule has 2 N–H and O–H groups in total. The molecule has 0 radical (unpaired) electrons. The number of rotatable bonds is 7. The Morgan fingerprint density at radius 3 is 2.33 bits per heavy atom. The summed E-state index contributed by atoms with van der Waals surface area (Å²) in [5, 5.41) is 10.4. The molecule has 6 nitrogen and oxygen atoms in total. The molecule has 3 aromatic rings. The zero-order chi connectivity index (χ0) is 21.7. The Balaban J connectivity index is 1.80. The maximum atomic E-state index is 13.0. The van der Waals surface area contributed by atoms with Gasteiger partial charge in [0, 0.05) is 12.1 Å². The number of hydrogen-bond donors (Lipinski definition) is 2. The van der Waals surface area contributed by atoms with E-state index in [2.05, 4.69) is 22.7 Å². The number of nitrogens with one attached hydrogen (secondary N) is 2. The highest BCUT2D eigenvalue weighted by Crippen LogP contribution is 2.23. The fourth-order valence-corrected chi connectivity index (χ4v) is 3.27. The SMILES string of the molecule is CCCCn1nc(C)c(NC(=O)c2ccccc2NC(=O)c2ccc(C)cc2)c1C. The van der Waals surface area contributed by atoms with Gasteiger partial charge in [-0.3, -0.25) is 14.3 Å². The lowest BCUT2D eigenvalue weighted by atomic mass is 10.1. The van der Waals surface area contributed by atoms with Gasteiger partial charge in [0.1, 0.15) is 0 Å². The van der Waals surface area contributed by atoms with E-state index in [1.165, 1.54) is 0 Å². The third-order valence-electron chi connectivity index (χ3n) is 5.08. The molecular weight excluding hydrogens is 376 g/mol. The van der Waals surface area contributed by atoms with Crippen molar-refractivity contribution in [3.63, 3.8) is 0 Å². The van der Waals surface area contributed by atoms with Crippen molar-refractivity contribution in [3.8, 4) is 0 Å². The van der Waals surface area contributed by atoms with E-state index in [1.54, 1.807) is 36.4 Å². The lowest BCUT2D eigenvalue weighted by Gasteiger charge is -2.12. The zero-order valence-electron chi connectivity index (χ0n) is 18.0. The molecule has 0 aliphatic carbocycles. The number of amides is 2. The average molecular weight is 405 g/mol. The van der Waals surface area contributed by atoms with E-state index in [0.29, 0.717) is 16.8 Å². The molecule has 0 atom stereocenters. The Morgan fingerprint density at radius 1 is 0.933 bits per heavy atom. The first-order chi connectivity index (χ1) is 14.4. The topological polar surface area (TPSA) is 76.0 Å². The highest BCUT2D eigenvalue weighted by Gasteiger charge is 2.18. The van der Waals surface area contributed by atoms with Gasteiger partial charge in [-0.25, -0.2) is 0 Å². The van der Waals surface area contributed by atoms with Gasteiger partial charge >= 0.3 is 0 Å². The molecule has 0 saturated carbocycles.